The average Bonchev–Trinajstić information content (AvgIpc) is 2.79. The summed E-state index contributed by atoms with van der Waals surface area (Å²) in [6.45, 7) is 3.76. The van der Waals surface area contributed by atoms with Gasteiger partial charge in [0.05, 0.1) is 0 Å². The first-order valence-corrected chi connectivity index (χ1v) is 10.2. The van der Waals surface area contributed by atoms with Gasteiger partial charge >= 0.3 is 0 Å². The third kappa shape index (κ3) is 3.47. The number of nitrogen functional groups attached to an aromatic ring is 1. The maximum absolute atomic E-state index is 10.1. The largest absolute Gasteiger partial charge is 0.383 e. The number of hydrogen-bond acceptors (Lipinski definition) is 5. The molecule has 0 atom stereocenters. The van der Waals surface area contributed by atoms with Crippen molar-refractivity contribution in [2.75, 3.05) is 23.7 Å². The molecule has 30 heavy (non-hydrogen) atoms. The average molecular weight is 393 g/mol. The van der Waals surface area contributed by atoms with Crippen molar-refractivity contribution in [2.45, 2.75) is 26.2 Å². The molecule has 0 amide bonds. The van der Waals surface area contributed by atoms with Crippen LogP contribution in [-0.2, 0) is 0 Å². The molecular weight excluding hydrogens is 370 g/mol. The van der Waals surface area contributed by atoms with E-state index in [0.717, 1.165) is 42.6 Å². The van der Waals surface area contributed by atoms with Crippen LogP contribution in [0, 0.1) is 29.6 Å². The highest BCUT2D eigenvalue weighted by Crippen LogP contribution is 2.38. The Morgan fingerprint density at radius 3 is 2.30 bits per heavy atom. The second-order valence-corrected chi connectivity index (χ2v) is 7.61. The number of hydrogen-bond donors (Lipinski definition) is 1. The van der Waals surface area contributed by atoms with Gasteiger partial charge in [0.1, 0.15) is 34.9 Å². The molecule has 2 aromatic carbocycles. The Kier molecular flexibility index (Phi) is 5.37. The summed E-state index contributed by atoms with van der Waals surface area (Å²) in [5.41, 5.74) is 11.6. The predicted octanol–water partition coefficient (Wildman–Crippen LogP) is 5.04. The molecule has 1 aliphatic heterocycles. The van der Waals surface area contributed by atoms with Crippen LogP contribution in [0.1, 0.15) is 36.0 Å². The van der Waals surface area contributed by atoms with Crippen LogP contribution < -0.4 is 10.6 Å². The Bertz CT molecular complexity index is 1180. The van der Waals surface area contributed by atoms with E-state index >= 15 is 0 Å². The molecule has 0 aliphatic carbocycles. The maximum atomic E-state index is 10.1. The minimum absolute atomic E-state index is 0.174. The number of pyridine rings is 1. The number of nitrogens with two attached hydrogens (primary N) is 1. The van der Waals surface area contributed by atoms with Crippen LogP contribution in [0.5, 0.6) is 0 Å². The monoisotopic (exact) mass is 393 g/mol. The lowest BCUT2D eigenvalue weighted by molar-refractivity contribution is 0.573. The third-order valence-corrected chi connectivity index (χ3v) is 5.69. The molecule has 0 saturated carbocycles. The fourth-order valence-corrected chi connectivity index (χ4v) is 4.17. The van der Waals surface area contributed by atoms with Gasteiger partial charge in [0.15, 0.2) is 0 Å². The van der Waals surface area contributed by atoms with E-state index in [1.807, 2.05) is 36.4 Å². The van der Waals surface area contributed by atoms with E-state index in [1.165, 1.54) is 12.0 Å². The SMILES string of the molecule is Cc1ccccc1-c1cccc(-c2c(C#N)c(N)nc(N3CCCCC3)c2C#N)c1. The first kappa shape index (κ1) is 19.5. The zero-order chi connectivity index (χ0) is 21.1. The number of rotatable bonds is 3. The molecule has 1 aliphatic rings. The van der Waals surface area contributed by atoms with Crippen LogP contribution >= 0.6 is 0 Å². The quantitative estimate of drug-likeness (QED) is 0.673. The van der Waals surface area contributed by atoms with Crippen LogP contribution in [0.15, 0.2) is 48.5 Å². The van der Waals surface area contributed by atoms with Gasteiger partial charge in [-0.3, -0.25) is 0 Å². The number of aryl methyl sites for hydroxylation is 1. The highest BCUT2D eigenvalue weighted by atomic mass is 15.2. The number of piperidine rings is 1. The highest BCUT2D eigenvalue weighted by molar-refractivity contribution is 5.87. The minimum atomic E-state index is 0.174. The summed E-state index contributed by atoms with van der Waals surface area (Å²) in [6.07, 6.45) is 3.30. The second kappa shape index (κ2) is 8.27. The molecule has 1 saturated heterocycles. The van der Waals surface area contributed by atoms with Gasteiger partial charge < -0.3 is 10.6 Å². The summed E-state index contributed by atoms with van der Waals surface area (Å²) in [5, 5.41) is 19.9. The Balaban J connectivity index is 1.93. The lowest BCUT2D eigenvalue weighted by atomic mass is 9.92. The van der Waals surface area contributed by atoms with Crippen LogP contribution in [-0.4, -0.2) is 18.1 Å². The summed E-state index contributed by atoms with van der Waals surface area (Å²) in [6, 6.07) is 20.6. The first-order valence-electron chi connectivity index (χ1n) is 10.2. The normalized spacial score (nSPS) is 13.5. The molecule has 1 fully saturated rings. The van der Waals surface area contributed by atoms with E-state index in [1.54, 1.807) is 0 Å². The molecule has 0 unspecified atom stereocenters. The number of nitrogens with zero attached hydrogens (tertiary/aromatic N) is 4. The summed E-state index contributed by atoms with van der Waals surface area (Å²) in [5.74, 6) is 0.762. The zero-order valence-corrected chi connectivity index (χ0v) is 17.0. The van der Waals surface area contributed by atoms with Gasteiger partial charge in [-0.1, -0.05) is 42.5 Å². The number of anilines is 2. The zero-order valence-electron chi connectivity index (χ0n) is 17.0. The molecule has 5 nitrogen and oxygen atoms in total. The van der Waals surface area contributed by atoms with Crippen molar-refractivity contribution in [3.63, 3.8) is 0 Å². The van der Waals surface area contributed by atoms with Crippen molar-refractivity contribution < 1.29 is 0 Å². The fraction of sp³-hybridized carbons (Fsp3) is 0.240. The summed E-state index contributed by atoms with van der Waals surface area (Å²) < 4.78 is 0. The van der Waals surface area contributed by atoms with Gasteiger partial charge in [-0.2, -0.15) is 10.5 Å². The second-order valence-electron chi connectivity index (χ2n) is 7.61. The number of aromatic nitrogens is 1. The van der Waals surface area contributed by atoms with Crippen molar-refractivity contribution in [3.8, 4) is 34.4 Å². The minimum Gasteiger partial charge on any atom is -0.383 e. The van der Waals surface area contributed by atoms with Gasteiger partial charge in [-0.05, 0) is 54.5 Å². The van der Waals surface area contributed by atoms with Crippen molar-refractivity contribution >= 4 is 11.6 Å². The number of nitriles is 2. The Morgan fingerprint density at radius 1 is 0.900 bits per heavy atom. The molecule has 0 spiro atoms. The molecule has 0 bridgehead atoms. The maximum Gasteiger partial charge on any atom is 0.149 e. The molecule has 5 heteroatoms. The van der Waals surface area contributed by atoms with Gasteiger partial charge in [0.25, 0.3) is 0 Å². The van der Waals surface area contributed by atoms with E-state index in [-0.39, 0.29) is 11.4 Å². The lowest BCUT2D eigenvalue weighted by Crippen LogP contribution is -2.31. The van der Waals surface area contributed by atoms with E-state index in [0.29, 0.717) is 16.9 Å². The molecule has 3 aromatic rings. The number of benzene rings is 2. The van der Waals surface area contributed by atoms with E-state index in [4.69, 9.17) is 5.73 Å². The van der Waals surface area contributed by atoms with Crippen LogP contribution in [0.4, 0.5) is 11.6 Å². The Morgan fingerprint density at radius 2 is 1.60 bits per heavy atom. The summed E-state index contributed by atoms with van der Waals surface area (Å²) >= 11 is 0. The van der Waals surface area contributed by atoms with E-state index in [9.17, 15) is 10.5 Å². The van der Waals surface area contributed by atoms with Crippen molar-refractivity contribution in [2.24, 2.45) is 0 Å². The first-order chi connectivity index (χ1) is 14.6. The van der Waals surface area contributed by atoms with Gasteiger partial charge in [-0.15, -0.1) is 0 Å². The molecule has 148 valence electrons. The van der Waals surface area contributed by atoms with Gasteiger partial charge in [0, 0.05) is 18.7 Å². The molecule has 2 heterocycles. The topological polar surface area (TPSA) is 89.7 Å². The Hall–Kier alpha value is -3.83. The predicted molar refractivity (Wildman–Crippen MR) is 120 cm³/mol. The smallest absolute Gasteiger partial charge is 0.149 e. The summed E-state index contributed by atoms with van der Waals surface area (Å²) in [4.78, 5) is 6.60. The van der Waals surface area contributed by atoms with Crippen molar-refractivity contribution in [3.05, 3.63) is 65.2 Å². The van der Waals surface area contributed by atoms with E-state index in [2.05, 4.69) is 41.1 Å². The van der Waals surface area contributed by atoms with Crippen LogP contribution in [0.25, 0.3) is 22.3 Å². The fourth-order valence-electron chi connectivity index (χ4n) is 4.17. The summed E-state index contributed by atoms with van der Waals surface area (Å²) in [7, 11) is 0. The Labute approximate surface area is 177 Å². The molecule has 2 N–H and O–H groups in total. The lowest BCUT2D eigenvalue weighted by Gasteiger charge is -2.29. The standard InChI is InChI=1S/C25H23N5/c1-17-8-3-4-11-20(17)18-9-7-10-19(14-18)23-21(15-26)24(28)29-25(22(23)16-27)30-12-5-2-6-13-30/h3-4,7-11,14H,2,5-6,12-13H2,1H3,(H2,28,29). The molecular formula is C25H23N5. The molecule has 1 aromatic heterocycles. The van der Waals surface area contributed by atoms with Gasteiger partial charge in [0.2, 0.25) is 0 Å². The van der Waals surface area contributed by atoms with Crippen molar-refractivity contribution in [1.29, 1.82) is 10.5 Å². The van der Waals surface area contributed by atoms with E-state index < -0.39 is 0 Å². The molecule has 4 rings (SSSR count). The van der Waals surface area contributed by atoms with Crippen molar-refractivity contribution in [1.82, 2.24) is 4.98 Å². The highest BCUT2D eigenvalue weighted by Gasteiger charge is 2.24. The van der Waals surface area contributed by atoms with Crippen LogP contribution in [0.3, 0.4) is 0 Å². The van der Waals surface area contributed by atoms with Gasteiger partial charge in [-0.25, -0.2) is 4.98 Å². The third-order valence-electron chi connectivity index (χ3n) is 5.69. The molecule has 0 radical (unpaired) electrons. The van der Waals surface area contributed by atoms with Crippen LogP contribution in [0.2, 0.25) is 0 Å².